The minimum Gasteiger partial charge on any atom is -0.494 e. The smallest absolute Gasteiger partial charge is 0.198 e. The molecule has 0 bridgehead atoms. The third kappa shape index (κ3) is 2.80. The van der Waals surface area contributed by atoms with Gasteiger partial charge in [0, 0.05) is 11.5 Å². The number of nitrogens with zero attached hydrogens (tertiary/aromatic N) is 1. The molecule has 3 rings (SSSR count). The van der Waals surface area contributed by atoms with Crippen molar-refractivity contribution in [3.8, 4) is 17.4 Å². The van der Waals surface area contributed by atoms with Crippen molar-refractivity contribution in [3.63, 3.8) is 0 Å². The van der Waals surface area contributed by atoms with Gasteiger partial charge in [0.2, 0.25) is 0 Å². The number of H-pyrrole nitrogens is 1. The molecule has 0 saturated carbocycles. The van der Waals surface area contributed by atoms with Crippen LogP contribution in [0.25, 0.3) is 10.9 Å². The zero-order valence-electron chi connectivity index (χ0n) is 14.0. The van der Waals surface area contributed by atoms with E-state index in [-0.39, 0.29) is 5.88 Å². The van der Waals surface area contributed by atoms with Gasteiger partial charge in [-0.15, -0.1) is 0 Å². The number of nitrogens with one attached hydrogen (secondary N) is 1. The Morgan fingerprint density at radius 3 is 2.38 bits per heavy atom. The third-order valence-electron chi connectivity index (χ3n) is 3.93. The second-order valence-electron chi connectivity index (χ2n) is 5.35. The Hall–Kier alpha value is -2.95. The highest BCUT2D eigenvalue weighted by atomic mass is 16.5. The van der Waals surface area contributed by atoms with E-state index in [1.165, 1.54) is 0 Å². The molecule has 0 saturated heterocycles. The van der Waals surface area contributed by atoms with E-state index in [4.69, 9.17) is 14.5 Å². The Bertz CT molecular complexity index is 883. The first-order valence-electron chi connectivity index (χ1n) is 7.77. The highest BCUT2D eigenvalue weighted by Crippen LogP contribution is 2.37. The van der Waals surface area contributed by atoms with Gasteiger partial charge in [0.05, 0.1) is 36.7 Å². The molecule has 0 aliphatic heterocycles. The van der Waals surface area contributed by atoms with Gasteiger partial charge in [-0.3, -0.25) is 4.99 Å². The lowest BCUT2D eigenvalue weighted by Gasteiger charge is -2.08. The van der Waals surface area contributed by atoms with E-state index in [2.05, 4.69) is 4.98 Å². The van der Waals surface area contributed by atoms with E-state index in [0.717, 1.165) is 22.3 Å². The molecule has 0 amide bonds. The number of fused-ring (bicyclic) bond motifs is 1. The van der Waals surface area contributed by atoms with Crippen LogP contribution in [0.1, 0.15) is 18.9 Å². The van der Waals surface area contributed by atoms with Crippen molar-refractivity contribution in [2.24, 2.45) is 4.99 Å². The van der Waals surface area contributed by atoms with Crippen molar-refractivity contribution in [2.75, 3.05) is 14.2 Å². The summed E-state index contributed by atoms with van der Waals surface area (Å²) in [5, 5.41) is 11.3. The van der Waals surface area contributed by atoms with Crippen LogP contribution < -0.4 is 9.47 Å². The van der Waals surface area contributed by atoms with E-state index in [9.17, 15) is 5.11 Å². The molecule has 5 nitrogen and oxygen atoms in total. The van der Waals surface area contributed by atoms with Crippen molar-refractivity contribution in [2.45, 2.75) is 13.3 Å². The largest absolute Gasteiger partial charge is 0.494 e. The van der Waals surface area contributed by atoms with Crippen LogP contribution in [0.3, 0.4) is 0 Å². The number of aromatic nitrogens is 1. The molecule has 0 spiro atoms. The Labute approximate surface area is 140 Å². The predicted molar refractivity (Wildman–Crippen MR) is 96.0 cm³/mol. The summed E-state index contributed by atoms with van der Waals surface area (Å²) >= 11 is 0. The maximum Gasteiger partial charge on any atom is 0.198 e. The molecule has 2 aromatic carbocycles. The maximum absolute atomic E-state index is 10.4. The Morgan fingerprint density at radius 1 is 1.08 bits per heavy atom. The molecule has 5 heteroatoms. The molecule has 1 aromatic heterocycles. The number of aliphatic imine (C=N–C) groups is 1. The number of benzene rings is 2. The monoisotopic (exact) mass is 324 g/mol. The van der Waals surface area contributed by atoms with Crippen molar-refractivity contribution >= 4 is 22.3 Å². The molecule has 0 aliphatic carbocycles. The van der Waals surface area contributed by atoms with Crippen LogP contribution in [0, 0.1) is 0 Å². The molecule has 0 unspecified atom stereocenters. The quantitative estimate of drug-likeness (QED) is 0.683. The van der Waals surface area contributed by atoms with Gasteiger partial charge in [0.15, 0.2) is 17.4 Å². The van der Waals surface area contributed by atoms with E-state index < -0.39 is 0 Å². The van der Waals surface area contributed by atoms with Crippen LogP contribution in [0.4, 0.5) is 5.69 Å². The van der Waals surface area contributed by atoms with Crippen LogP contribution in [-0.4, -0.2) is 30.0 Å². The van der Waals surface area contributed by atoms with Gasteiger partial charge in [-0.05, 0) is 24.6 Å². The minimum absolute atomic E-state index is 0.0943. The Balaban J connectivity index is 2.20. The van der Waals surface area contributed by atoms with Gasteiger partial charge in [0.25, 0.3) is 0 Å². The lowest BCUT2D eigenvalue weighted by molar-refractivity contribution is 0.356. The van der Waals surface area contributed by atoms with E-state index >= 15 is 0 Å². The maximum atomic E-state index is 10.4. The number of ether oxygens (including phenoxy) is 2. The van der Waals surface area contributed by atoms with Gasteiger partial charge >= 0.3 is 0 Å². The highest BCUT2D eigenvalue weighted by Gasteiger charge is 2.18. The molecule has 24 heavy (non-hydrogen) atoms. The molecule has 1 heterocycles. The number of hydrogen-bond donors (Lipinski definition) is 2. The molecular weight excluding hydrogens is 304 g/mol. The summed E-state index contributed by atoms with van der Waals surface area (Å²) in [6.07, 6.45) is 0.684. The van der Waals surface area contributed by atoms with Crippen molar-refractivity contribution in [1.82, 2.24) is 4.98 Å². The summed E-state index contributed by atoms with van der Waals surface area (Å²) in [5.74, 6) is 1.31. The topological polar surface area (TPSA) is 66.8 Å². The zero-order chi connectivity index (χ0) is 17.1. The molecule has 0 fully saturated rings. The highest BCUT2D eigenvalue weighted by molar-refractivity contribution is 6.14. The van der Waals surface area contributed by atoms with E-state index in [1.54, 1.807) is 14.2 Å². The van der Waals surface area contributed by atoms with Gasteiger partial charge in [-0.2, -0.15) is 0 Å². The van der Waals surface area contributed by atoms with Gasteiger partial charge in [-0.1, -0.05) is 25.1 Å². The Kier molecular flexibility index (Phi) is 4.42. The standard InChI is InChI=1S/C19H20N2O3/c1-4-14(20-12-8-6-5-7-9-12)18-13-10-16(23-2)17(24-3)11-15(13)21-19(18)22/h5-11,21-22H,4H2,1-3H3. The number of rotatable bonds is 5. The predicted octanol–water partition coefficient (Wildman–Crippen LogP) is 4.42. The molecule has 2 N–H and O–H groups in total. The van der Waals surface area contributed by atoms with Gasteiger partial charge in [0.1, 0.15) is 0 Å². The lowest BCUT2D eigenvalue weighted by atomic mass is 10.1. The van der Waals surface area contributed by atoms with E-state index in [1.807, 2.05) is 49.4 Å². The summed E-state index contributed by atoms with van der Waals surface area (Å²) in [6, 6.07) is 13.4. The molecule has 3 aromatic rings. The fraction of sp³-hybridized carbons (Fsp3) is 0.211. The average molecular weight is 324 g/mol. The van der Waals surface area contributed by atoms with Crippen molar-refractivity contribution in [1.29, 1.82) is 0 Å². The summed E-state index contributed by atoms with van der Waals surface area (Å²) < 4.78 is 10.7. The normalized spacial score (nSPS) is 11.7. The molecule has 0 aliphatic rings. The summed E-state index contributed by atoms with van der Waals surface area (Å²) in [5.41, 5.74) is 3.12. The van der Waals surface area contributed by atoms with Crippen molar-refractivity contribution in [3.05, 3.63) is 48.0 Å². The summed E-state index contributed by atoms with van der Waals surface area (Å²) in [4.78, 5) is 7.69. The Morgan fingerprint density at radius 2 is 1.75 bits per heavy atom. The second kappa shape index (κ2) is 6.66. The van der Waals surface area contributed by atoms with Crippen LogP contribution in [0.5, 0.6) is 17.4 Å². The van der Waals surface area contributed by atoms with Gasteiger partial charge < -0.3 is 19.6 Å². The molecule has 0 atom stereocenters. The number of aromatic hydroxyl groups is 1. The van der Waals surface area contributed by atoms with Crippen molar-refractivity contribution < 1.29 is 14.6 Å². The van der Waals surface area contributed by atoms with E-state index in [0.29, 0.717) is 23.5 Å². The first kappa shape index (κ1) is 15.9. The number of hydrogen-bond acceptors (Lipinski definition) is 4. The molecule has 124 valence electrons. The zero-order valence-corrected chi connectivity index (χ0v) is 14.0. The lowest BCUT2D eigenvalue weighted by Crippen LogP contribution is -1.98. The number of aromatic amines is 1. The third-order valence-corrected chi connectivity index (χ3v) is 3.93. The fourth-order valence-corrected chi connectivity index (χ4v) is 2.77. The molecular formula is C19H20N2O3. The minimum atomic E-state index is 0.0943. The van der Waals surface area contributed by atoms with Crippen LogP contribution in [0.15, 0.2) is 47.5 Å². The summed E-state index contributed by atoms with van der Waals surface area (Å²) in [6.45, 7) is 2.01. The number of methoxy groups -OCH3 is 2. The second-order valence-corrected chi connectivity index (χ2v) is 5.35. The van der Waals surface area contributed by atoms with Gasteiger partial charge in [-0.25, -0.2) is 0 Å². The van der Waals surface area contributed by atoms with Crippen LogP contribution in [0.2, 0.25) is 0 Å². The fourth-order valence-electron chi connectivity index (χ4n) is 2.77. The van der Waals surface area contributed by atoms with Crippen LogP contribution >= 0.6 is 0 Å². The van der Waals surface area contributed by atoms with Crippen LogP contribution in [-0.2, 0) is 0 Å². The summed E-state index contributed by atoms with van der Waals surface area (Å²) in [7, 11) is 3.18. The average Bonchev–Trinajstić information content (AvgIpc) is 2.94. The molecule has 0 radical (unpaired) electrons. The first-order chi connectivity index (χ1) is 11.7. The first-order valence-corrected chi connectivity index (χ1v) is 7.77. The SMILES string of the molecule is CCC(=Nc1ccccc1)c1c(O)[nH]c2cc(OC)c(OC)cc12. The number of para-hydroxylation sites is 1.